The molecule has 0 saturated carbocycles. The van der Waals surface area contributed by atoms with Crippen LogP contribution >= 0.6 is 0 Å². The molecule has 0 unspecified atom stereocenters. The molecule has 0 heterocycles. The molecular weight excluding hydrogens is 191 g/mol. The summed E-state index contributed by atoms with van der Waals surface area (Å²) in [5.41, 5.74) is 2.24. The summed E-state index contributed by atoms with van der Waals surface area (Å²) >= 11 is 0. The third kappa shape index (κ3) is 2.63. The van der Waals surface area contributed by atoms with E-state index in [0.29, 0.717) is 16.8 Å². The first kappa shape index (κ1) is 11.4. The standard InChI is InChI=1S/C12H13FN2/c1-4-9(3)15-12-8(2)5-10(7-14)6-11(12)13/h5-6H,4H2,1-3H3. The lowest BCUT2D eigenvalue weighted by atomic mass is 10.1. The summed E-state index contributed by atoms with van der Waals surface area (Å²) in [7, 11) is 0. The highest BCUT2D eigenvalue weighted by Crippen LogP contribution is 2.24. The molecule has 0 amide bonds. The Morgan fingerprint density at radius 1 is 1.53 bits per heavy atom. The van der Waals surface area contributed by atoms with E-state index >= 15 is 0 Å². The van der Waals surface area contributed by atoms with Crippen molar-refractivity contribution in [3.63, 3.8) is 0 Å². The molecule has 0 saturated heterocycles. The van der Waals surface area contributed by atoms with Crippen molar-refractivity contribution in [1.82, 2.24) is 0 Å². The highest BCUT2D eigenvalue weighted by Gasteiger charge is 2.07. The van der Waals surface area contributed by atoms with Crippen LogP contribution in [0.4, 0.5) is 10.1 Å². The van der Waals surface area contributed by atoms with Gasteiger partial charge in [0, 0.05) is 5.71 Å². The summed E-state index contributed by atoms with van der Waals surface area (Å²) in [6.07, 6.45) is 0.791. The molecule has 2 nitrogen and oxygen atoms in total. The number of benzene rings is 1. The van der Waals surface area contributed by atoms with Crippen molar-refractivity contribution < 1.29 is 4.39 Å². The maximum Gasteiger partial charge on any atom is 0.150 e. The number of aliphatic imine (C=N–C) groups is 1. The molecule has 3 heteroatoms. The van der Waals surface area contributed by atoms with Gasteiger partial charge in [-0.2, -0.15) is 5.26 Å². The van der Waals surface area contributed by atoms with Crippen LogP contribution in [0.1, 0.15) is 31.4 Å². The number of hydrogen-bond donors (Lipinski definition) is 0. The van der Waals surface area contributed by atoms with Crippen LogP contribution in [0.2, 0.25) is 0 Å². The Balaban J connectivity index is 3.27. The summed E-state index contributed by atoms with van der Waals surface area (Å²) in [5.74, 6) is -0.431. The molecular formula is C12H13FN2. The van der Waals surface area contributed by atoms with Crippen molar-refractivity contribution >= 4 is 11.4 Å². The quantitative estimate of drug-likeness (QED) is 0.679. The lowest BCUT2D eigenvalue weighted by molar-refractivity contribution is 0.628. The molecule has 0 aromatic heterocycles. The average Bonchev–Trinajstić information content (AvgIpc) is 2.22. The highest BCUT2D eigenvalue weighted by atomic mass is 19.1. The van der Waals surface area contributed by atoms with Crippen molar-refractivity contribution in [3.8, 4) is 6.07 Å². The van der Waals surface area contributed by atoms with E-state index in [-0.39, 0.29) is 0 Å². The van der Waals surface area contributed by atoms with Crippen LogP contribution in [0.5, 0.6) is 0 Å². The summed E-state index contributed by atoms with van der Waals surface area (Å²) in [5, 5.41) is 8.65. The molecule has 15 heavy (non-hydrogen) atoms. The van der Waals surface area contributed by atoms with Crippen molar-refractivity contribution in [3.05, 3.63) is 29.1 Å². The van der Waals surface area contributed by atoms with Crippen LogP contribution in [0.3, 0.4) is 0 Å². The van der Waals surface area contributed by atoms with Gasteiger partial charge in [-0.15, -0.1) is 0 Å². The third-order valence-electron chi connectivity index (χ3n) is 2.20. The van der Waals surface area contributed by atoms with Gasteiger partial charge < -0.3 is 0 Å². The number of nitrogens with zero attached hydrogens (tertiary/aromatic N) is 2. The Hall–Kier alpha value is -1.69. The van der Waals surface area contributed by atoms with Crippen molar-refractivity contribution in [2.45, 2.75) is 27.2 Å². The number of nitriles is 1. The maximum absolute atomic E-state index is 13.5. The number of hydrogen-bond acceptors (Lipinski definition) is 2. The molecule has 0 aliphatic heterocycles. The Bertz CT molecular complexity index is 418. The van der Waals surface area contributed by atoms with E-state index in [1.165, 1.54) is 6.07 Å². The van der Waals surface area contributed by atoms with Crippen molar-refractivity contribution in [1.29, 1.82) is 5.26 Å². The predicted octanol–water partition coefficient (Wildman–Crippen LogP) is 3.51. The Kier molecular flexibility index (Phi) is 3.56. The van der Waals surface area contributed by atoms with E-state index in [9.17, 15) is 4.39 Å². The molecule has 0 radical (unpaired) electrons. The molecule has 0 spiro atoms. The van der Waals surface area contributed by atoms with Gasteiger partial charge in [-0.3, -0.25) is 4.99 Å². The van der Waals surface area contributed by atoms with Crippen LogP contribution in [0.15, 0.2) is 17.1 Å². The summed E-state index contributed by atoms with van der Waals surface area (Å²) in [6.45, 7) is 5.58. The zero-order valence-corrected chi connectivity index (χ0v) is 9.13. The number of aryl methyl sites for hydroxylation is 1. The topological polar surface area (TPSA) is 36.1 Å². The Morgan fingerprint density at radius 2 is 2.20 bits per heavy atom. The van der Waals surface area contributed by atoms with Gasteiger partial charge in [0.1, 0.15) is 11.5 Å². The molecule has 0 atom stereocenters. The fourth-order valence-corrected chi connectivity index (χ4v) is 1.21. The van der Waals surface area contributed by atoms with Gasteiger partial charge >= 0.3 is 0 Å². The first-order valence-electron chi connectivity index (χ1n) is 4.83. The van der Waals surface area contributed by atoms with Gasteiger partial charge in [0.25, 0.3) is 0 Å². The molecule has 0 aliphatic rings. The molecule has 1 aromatic rings. The smallest absolute Gasteiger partial charge is 0.150 e. The lowest BCUT2D eigenvalue weighted by Crippen LogP contribution is -1.90. The van der Waals surface area contributed by atoms with E-state index in [1.54, 1.807) is 13.0 Å². The summed E-state index contributed by atoms with van der Waals surface area (Å²) in [6, 6.07) is 4.78. The van der Waals surface area contributed by atoms with E-state index in [4.69, 9.17) is 5.26 Å². The largest absolute Gasteiger partial charge is 0.255 e. The first-order valence-corrected chi connectivity index (χ1v) is 4.83. The molecule has 0 N–H and O–H groups in total. The zero-order valence-electron chi connectivity index (χ0n) is 9.13. The molecule has 0 aliphatic carbocycles. The second-order valence-corrected chi connectivity index (χ2v) is 3.44. The maximum atomic E-state index is 13.5. The third-order valence-corrected chi connectivity index (χ3v) is 2.20. The predicted molar refractivity (Wildman–Crippen MR) is 58.9 cm³/mol. The zero-order chi connectivity index (χ0) is 11.4. The van der Waals surface area contributed by atoms with Crippen LogP contribution in [0, 0.1) is 24.1 Å². The number of halogens is 1. The Labute approximate surface area is 89.1 Å². The SMILES string of the molecule is CCC(C)=Nc1c(C)cc(C#N)cc1F. The van der Waals surface area contributed by atoms with Gasteiger partial charge in [0.05, 0.1) is 11.6 Å². The first-order chi connectivity index (χ1) is 7.08. The van der Waals surface area contributed by atoms with Crippen LogP contribution in [-0.4, -0.2) is 5.71 Å². The second-order valence-electron chi connectivity index (χ2n) is 3.44. The van der Waals surface area contributed by atoms with Crippen molar-refractivity contribution in [2.75, 3.05) is 0 Å². The lowest BCUT2D eigenvalue weighted by Gasteiger charge is -2.04. The van der Waals surface area contributed by atoms with E-state index in [0.717, 1.165) is 12.1 Å². The molecule has 78 valence electrons. The van der Waals surface area contributed by atoms with Crippen LogP contribution in [-0.2, 0) is 0 Å². The van der Waals surface area contributed by atoms with Gasteiger partial charge in [-0.05, 0) is 38.0 Å². The second kappa shape index (κ2) is 4.70. The van der Waals surface area contributed by atoms with Crippen LogP contribution < -0.4 is 0 Å². The molecule has 0 bridgehead atoms. The summed E-state index contributed by atoms with van der Waals surface area (Å²) in [4.78, 5) is 4.18. The molecule has 1 aromatic carbocycles. The molecule has 0 fully saturated rings. The van der Waals surface area contributed by atoms with E-state index < -0.39 is 5.82 Å². The minimum absolute atomic E-state index is 0.332. The van der Waals surface area contributed by atoms with E-state index in [2.05, 4.69) is 4.99 Å². The van der Waals surface area contributed by atoms with Gasteiger partial charge in [-0.25, -0.2) is 4.39 Å². The monoisotopic (exact) mass is 204 g/mol. The van der Waals surface area contributed by atoms with Crippen LogP contribution in [0.25, 0.3) is 0 Å². The van der Waals surface area contributed by atoms with Gasteiger partial charge in [0.2, 0.25) is 0 Å². The fourth-order valence-electron chi connectivity index (χ4n) is 1.21. The minimum atomic E-state index is -0.431. The van der Waals surface area contributed by atoms with Crippen molar-refractivity contribution in [2.24, 2.45) is 4.99 Å². The normalized spacial score (nSPS) is 11.3. The van der Waals surface area contributed by atoms with Gasteiger partial charge in [-0.1, -0.05) is 6.92 Å². The average molecular weight is 204 g/mol. The highest BCUT2D eigenvalue weighted by molar-refractivity contribution is 5.84. The minimum Gasteiger partial charge on any atom is -0.255 e. The fraction of sp³-hybridized carbons (Fsp3) is 0.333. The number of rotatable bonds is 2. The van der Waals surface area contributed by atoms with E-state index in [1.807, 2.05) is 19.9 Å². The summed E-state index contributed by atoms with van der Waals surface area (Å²) < 4.78 is 13.5. The molecule has 1 rings (SSSR count). The van der Waals surface area contributed by atoms with Gasteiger partial charge in [0.15, 0.2) is 0 Å². The Morgan fingerprint density at radius 3 is 2.67 bits per heavy atom.